The van der Waals surface area contributed by atoms with Crippen LogP contribution in [0.3, 0.4) is 0 Å². The largest absolute Gasteiger partial charge is 0.503 e. The first-order valence-corrected chi connectivity index (χ1v) is 8.19. The van der Waals surface area contributed by atoms with Crippen LogP contribution in [0.4, 0.5) is 11.4 Å². The zero-order valence-corrected chi connectivity index (χ0v) is 13.8. The number of aromatic hydroxyl groups is 1. The number of hydrogen-bond acceptors (Lipinski definition) is 4. The molecule has 3 nitrogen and oxygen atoms in total. The predicted octanol–water partition coefficient (Wildman–Crippen LogP) is 5.37. The van der Waals surface area contributed by atoms with Crippen LogP contribution in [-0.2, 0) is 0 Å². The number of benzene rings is 1. The van der Waals surface area contributed by atoms with Crippen LogP contribution >= 0.6 is 27.7 Å². The highest BCUT2D eigenvalue weighted by Crippen LogP contribution is 2.45. The van der Waals surface area contributed by atoms with Crippen LogP contribution < -0.4 is 4.90 Å². The summed E-state index contributed by atoms with van der Waals surface area (Å²) in [5, 5.41) is 12.5. The lowest BCUT2D eigenvalue weighted by atomic mass is 10.2. The van der Waals surface area contributed by atoms with Crippen molar-refractivity contribution in [2.75, 3.05) is 11.9 Å². The van der Waals surface area contributed by atoms with Crippen LogP contribution in [-0.4, -0.2) is 12.2 Å². The highest BCUT2D eigenvalue weighted by atomic mass is 79.9. The Morgan fingerprint density at radius 1 is 1.33 bits per heavy atom. The second kappa shape index (κ2) is 6.03. The third kappa shape index (κ3) is 2.89. The first-order valence-electron chi connectivity index (χ1n) is 6.45. The minimum absolute atomic E-state index is 0.0136. The van der Waals surface area contributed by atoms with Crippen molar-refractivity contribution < 1.29 is 9.52 Å². The third-order valence-electron chi connectivity index (χ3n) is 3.29. The minimum atomic E-state index is 0.0136. The van der Waals surface area contributed by atoms with Crippen molar-refractivity contribution in [1.29, 1.82) is 0 Å². The Morgan fingerprint density at radius 3 is 2.90 bits per heavy atom. The normalized spacial score (nSPS) is 17.1. The Hall–Kier alpha value is -1.59. The van der Waals surface area contributed by atoms with E-state index in [0.29, 0.717) is 11.4 Å². The van der Waals surface area contributed by atoms with Crippen LogP contribution in [0.15, 0.2) is 63.1 Å². The van der Waals surface area contributed by atoms with Gasteiger partial charge in [-0.1, -0.05) is 40.2 Å². The average Bonchev–Trinajstić information content (AvgIpc) is 2.89. The van der Waals surface area contributed by atoms with Gasteiger partial charge in [0.25, 0.3) is 0 Å². The van der Waals surface area contributed by atoms with Gasteiger partial charge in [-0.3, -0.25) is 0 Å². The van der Waals surface area contributed by atoms with Crippen molar-refractivity contribution in [2.45, 2.75) is 5.25 Å². The molecule has 1 aromatic carbocycles. The molecule has 0 bridgehead atoms. The van der Waals surface area contributed by atoms with E-state index >= 15 is 0 Å². The molecular formula is C16H14BrNO2S. The molecule has 1 N–H and O–H groups in total. The van der Waals surface area contributed by atoms with Gasteiger partial charge in [-0.05, 0) is 23.6 Å². The molecule has 0 radical (unpaired) electrons. The number of anilines is 2. The standard InChI is InChI=1S/C16H14BrNO2S/c1-18(12-6-4-5-11(17)9-12)13-10-20-16(15(13)19)14-7-2-3-8-21-14/h2-10,14,19H,1H3. The summed E-state index contributed by atoms with van der Waals surface area (Å²) < 4.78 is 6.59. The molecule has 2 heterocycles. The maximum absolute atomic E-state index is 10.5. The zero-order chi connectivity index (χ0) is 14.8. The summed E-state index contributed by atoms with van der Waals surface area (Å²) >= 11 is 5.06. The Kier molecular flexibility index (Phi) is 4.12. The van der Waals surface area contributed by atoms with Crippen molar-refractivity contribution >= 4 is 39.1 Å². The molecule has 5 heteroatoms. The SMILES string of the molecule is CN(c1cccc(Br)c1)c1coc(C2C=CC=CS2)c1O. The molecule has 2 aromatic rings. The number of allylic oxidation sites excluding steroid dienone is 2. The first-order chi connectivity index (χ1) is 10.2. The number of rotatable bonds is 3. The Balaban J connectivity index is 1.91. The lowest BCUT2D eigenvalue weighted by Gasteiger charge is -2.18. The number of thioether (sulfide) groups is 1. The molecule has 0 saturated heterocycles. The smallest absolute Gasteiger partial charge is 0.183 e. The summed E-state index contributed by atoms with van der Waals surface area (Å²) in [5.74, 6) is 0.771. The maximum atomic E-state index is 10.5. The predicted molar refractivity (Wildman–Crippen MR) is 91.2 cm³/mol. The molecule has 1 unspecified atom stereocenters. The van der Waals surface area contributed by atoms with E-state index in [-0.39, 0.29) is 11.0 Å². The fourth-order valence-electron chi connectivity index (χ4n) is 2.16. The number of hydrogen-bond donors (Lipinski definition) is 1. The topological polar surface area (TPSA) is 36.6 Å². The third-order valence-corrected chi connectivity index (χ3v) is 4.76. The quantitative estimate of drug-likeness (QED) is 0.794. The number of halogens is 1. The van der Waals surface area contributed by atoms with Gasteiger partial charge in [-0.25, -0.2) is 0 Å². The van der Waals surface area contributed by atoms with Crippen LogP contribution in [0, 0.1) is 0 Å². The Bertz CT molecular complexity index is 708. The van der Waals surface area contributed by atoms with Gasteiger partial charge in [-0.2, -0.15) is 0 Å². The molecule has 0 amide bonds. The van der Waals surface area contributed by atoms with Gasteiger partial charge in [0.2, 0.25) is 0 Å². The number of furan rings is 1. The summed E-state index contributed by atoms with van der Waals surface area (Å²) in [7, 11) is 1.90. The number of nitrogens with zero attached hydrogens (tertiary/aromatic N) is 1. The van der Waals surface area contributed by atoms with Gasteiger partial charge in [-0.15, -0.1) is 11.8 Å². The van der Waals surface area contributed by atoms with E-state index in [1.807, 2.05) is 59.8 Å². The average molecular weight is 364 g/mol. The van der Waals surface area contributed by atoms with E-state index in [2.05, 4.69) is 15.9 Å². The summed E-state index contributed by atoms with van der Waals surface area (Å²) in [4.78, 5) is 1.90. The van der Waals surface area contributed by atoms with E-state index in [9.17, 15) is 5.11 Å². The summed E-state index contributed by atoms with van der Waals surface area (Å²) in [6.45, 7) is 0. The van der Waals surface area contributed by atoms with Crippen molar-refractivity contribution in [3.05, 3.63) is 64.4 Å². The fourth-order valence-corrected chi connectivity index (χ4v) is 3.37. The molecular weight excluding hydrogens is 350 g/mol. The van der Waals surface area contributed by atoms with Gasteiger partial charge in [0, 0.05) is 17.2 Å². The van der Waals surface area contributed by atoms with Gasteiger partial charge >= 0.3 is 0 Å². The van der Waals surface area contributed by atoms with Gasteiger partial charge in [0.15, 0.2) is 11.5 Å². The van der Waals surface area contributed by atoms with E-state index in [1.54, 1.807) is 18.0 Å². The second-order valence-corrected chi connectivity index (χ2v) is 6.61. The first kappa shape index (κ1) is 14.4. The second-order valence-electron chi connectivity index (χ2n) is 4.64. The summed E-state index contributed by atoms with van der Waals surface area (Å²) in [6.07, 6.45) is 7.53. The molecule has 0 saturated carbocycles. The van der Waals surface area contributed by atoms with Gasteiger partial charge in [0.05, 0.1) is 5.25 Å². The highest BCUT2D eigenvalue weighted by Gasteiger charge is 2.23. The minimum Gasteiger partial charge on any atom is -0.503 e. The zero-order valence-electron chi connectivity index (χ0n) is 11.4. The summed E-state index contributed by atoms with van der Waals surface area (Å²) in [5.41, 5.74) is 1.63. The fraction of sp³-hybridized carbons (Fsp3) is 0.125. The molecule has 1 atom stereocenters. The van der Waals surface area contributed by atoms with E-state index in [0.717, 1.165) is 10.2 Å². The molecule has 1 aliphatic rings. The Morgan fingerprint density at radius 2 is 2.19 bits per heavy atom. The Labute approximate surface area is 136 Å². The lowest BCUT2D eigenvalue weighted by Crippen LogP contribution is -2.08. The van der Waals surface area contributed by atoms with Crippen LogP contribution in [0.2, 0.25) is 0 Å². The molecule has 108 valence electrons. The highest BCUT2D eigenvalue weighted by molar-refractivity contribution is 9.10. The molecule has 1 aliphatic heterocycles. The molecule has 3 rings (SSSR count). The molecule has 0 fully saturated rings. The summed E-state index contributed by atoms with van der Waals surface area (Å²) in [6, 6.07) is 7.89. The molecule has 0 spiro atoms. The van der Waals surface area contributed by atoms with Crippen molar-refractivity contribution in [3.8, 4) is 5.75 Å². The van der Waals surface area contributed by atoms with Crippen molar-refractivity contribution in [3.63, 3.8) is 0 Å². The van der Waals surface area contributed by atoms with Crippen molar-refractivity contribution in [2.24, 2.45) is 0 Å². The van der Waals surface area contributed by atoms with Gasteiger partial charge in [0.1, 0.15) is 12.0 Å². The van der Waals surface area contributed by atoms with Crippen LogP contribution in [0.25, 0.3) is 0 Å². The van der Waals surface area contributed by atoms with Gasteiger partial charge < -0.3 is 14.4 Å². The van der Waals surface area contributed by atoms with E-state index in [1.165, 1.54) is 0 Å². The van der Waals surface area contributed by atoms with E-state index < -0.39 is 0 Å². The van der Waals surface area contributed by atoms with Crippen LogP contribution in [0.5, 0.6) is 5.75 Å². The van der Waals surface area contributed by atoms with Crippen LogP contribution in [0.1, 0.15) is 11.0 Å². The van der Waals surface area contributed by atoms with Crippen molar-refractivity contribution in [1.82, 2.24) is 0 Å². The molecule has 0 aliphatic carbocycles. The monoisotopic (exact) mass is 363 g/mol. The maximum Gasteiger partial charge on any atom is 0.183 e. The molecule has 21 heavy (non-hydrogen) atoms. The molecule has 1 aromatic heterocycles. The van der Waals surface area contributed by atoms with E-state index in [4.69, 9.17) is 4.42 Å². The lowest BCUT2D eigenvalue weighted by molar-refractivity contribution is 0.436.